The summed E-state index contributed by atoms with van der Waals surface area (Å²) in [6.07, 6.45) is 2.20. The molecule has 1 aliphatic rings. The van der Waals surface area contributed by atoms with Crippen LogP contribution < -0.4 is 11.1 Å². The first kappa shape index (κ1) is 19.4. The van der Waals surface area contributed by atoms with E-state index in [0.29, 0.717) is 47.1 Å². The molecule has 3 heterocycles. The standard InChI is InChI=1S/C23H23FN6O/c24-17-9-4-8-16(12-17)20-19-21(25)30(14-15-6-2-1-3-7-15)29-22(19)28-23(27-20)26-13-18-10-5-11-31-18/h1-4,6-9,12,18H,5,10-11,13-14,25H2,(H,26,28,29). The average molecular weight is 418 g/mol. The number of aromatic nitrogens is 4. The van der Waals surface area contributed by atoms with Gasteiger partial charge in [0, 0.05) is 18.7 Å². The van der Waals surface area contributed by atoms with Crippen LogP contribution in [0.15, 0.2) is 54.6 Å². The minimum absolute atomic E-state index is 0.137. The lowest BCUT2D eigenvalue weighted by Crippen LogP contribution is -2.19. The molecule has 2 aromatic heterocycles. The molecule has 158 valence electrons. The Morgan fingerprint density at radius 1 is 1.13 bits per heavy atom. The second kappa shape index (κ2) is 8.31. The zero-order chi connectivity index (χ0) is 21.2. The number of nitrogens with zero attached hydrogens (tertiary/aromatic N) is 4. The first-order chi connectivity index (χ1) is 15.2. The number of anilines is 2. The molecule has 7 nitrogen and oxygen atoms in total. The smallest absolute Gasteiger partial charge is 0.225 e. The van der Waals surface area contributed by atoms with Crippen molar-refractivity contribution in [3.05, 3.63) is 66.0 Å². The Kier molecular flexibility index (Phi) is 5.21. The highest BCUT2D eigenvalue weighted by atomic mass is 19.1. The maximum Gasteiger partial charge on any atom is 0.225 e. The molecule has 0 radical (unpaired) electrons. The van der Waals surface area contributed by atoms with Crippen LogP contribution in [0.2, 0.25) is 0 Å². The molecule has 8 heteroatoms. The van der Waals surface area contributed by atoms with Crippen molar-refractivity contribution in [1.29, 1.82) is 0 Å². The summed E-state index contributed by atoms with van der Waals surface area (Å²) in [4.78, 5) is 9.26. The molecule has 0 spiro atoms. The van der Waals surface area contributed by atoms with Gasteiger partial charge in [0.25, 0.3) is 0 Å². The predicted octanol–water partition coefficient (Wildman–Crippen LogP) is 3.85. The van der Waals surface area contributed by atoms with E-state index in [1.807, 2.05) is 36.4 Å². The molecule has 0 amide bonds. The fraction of sp³-hybridized carbons (Fsp3) is 0.261. The fourth-order valence-electron chi connectivity index (χ4n) is 3.87. The van der Waals surface area contributed by atoms with Crippen molar-refractivity contribution in [3.63, 3.8) is 0 Å². The number of nitrogens with one attached hydrogen (secondary N) is 1. The highest BCUT2D eigenvalue weighted by molar-refractivity contribution is 5.98. The highest BCUT2D eigenvalue weighted by Crippen LogP contribution is 2.32. The van der Waals surface area contributed by atoms with E-state index in [4.69, 9.17) is 10.5 Å². The van der Waals surface area contributed by atoms with Gasteiger partial charge in [-0.05, 0) is 30.5 Å². The van der Waals surface area contributed by atoms with Crippen molar-refractivity contribution < 1.29 is 9.13 Å². The Morgan fingerprint density at radius 3 is 2.77 bits per heavy atom. The largest absolute Gasteiger partial charge is 0.383 e. The number of halogens is 1. The molecule has 31 heavy (non-hydrogen) atoms. The zero-order valence-electron chi connectivity index (χ0n) is 17.0. The van der Waals surface area contributed by atoms with Crippen LogP contribution in [-0.4, -0.2) is 39.0 Å². The summed E-state index contributed by atoms with van der Waals surface area (Å²) < 4.78 is 21.4. The van der Waals surface area contributed by atoms with E-state index >= 15 is 0 Å². The van der Waals surface area contributed by atoms with Gasteiger partial charge < -0.3 is 15.8 Å². The Labute approximate surface area is 179 Å². The molecule has 5 rings (SSSR count). The van der Waals surface area contributed by atoms with Gasteiger partial charge in [-0.1, -0.05) is 42.5 Å². The number of fused-ring (bicyclic) bond motifs is 1. The normalized spacial score (nSPS) is 16.1. The van der Waals surface area contributed by atoms with Crippen molar-refractivity contribution in [1.82, 2.24) is 19.7 Å². The van der Waals surface area contributed by atoms with Crippen molar-refractivity contribution >= 4 is 22.8 Å². The molecule has 1 unspecified atom stereocenters. The average Bonchev–Trinajstić information content (AvgIpc) is 3.41. The number of ether oxygens (including phenoxy) is 1. The monoisotopic (exact) mass is 418 g/mol. The maximum absolute atomic E-state index is 14.0. The summed E-state index contributed by atoms with van der Waals surface area (Å²) in [7, 11) is 0. The summed E-state index contributed by atoms with van der Waals surface area (Å²) in [5.74, 6) is 0.531. The maximum atomic E-state index is 14.0. The molecule has 1 aliphatic heterocycles. The SMILES string of the molecule is Nc1c2c(-c3cccc(F)c3)nc(NCC3CCCO3)nc2nn1Cc1ccccc1. The van der Waals surface area contributed by atoms with Crippen LogP contribution in [-0.2, 0) is 11.3 Å². The van der Waals surface area contributed by atoms with Crippen molar-refractivity contribution in [2.24, 2.45) is 0 Å². The van der Waals surface area contributed by atoms with Gasteiger partial charge in [-0.25, -0.2) is 14.1 Å². The van der Waals surface area contributed by atoms with Crippen molar-refractivity contribution in [2.45, 2.75) is 25.5 Å². The van der Waals surface area contributed by atoms with E-state index in [1.54, 1.807) is 10.7 Å². The molecular weight excluding hydrogens is 395 g/mol. The number of hydrogen-bond acceptors (Lipinski definition) is 6. The minimum Gasteiger partial charge on any atom is -0.383 e. The first-order valence-corrected chi connectivity index (χ1v) is 10.4. The lowest BCUT2D eigenvalue weighted by Gasteiger charge is -2.12. The van der Waals surface area contributed by atoms with E-state index in [9.17, 15) is 4.39 Å². The number of benzene rings is 2. The summed E-state index contributed by atoms with van der Waals surface area (Å²) in [5, 5.41) is 8.50. The number of rotatable bonds is 6. The van der Waals surface area contributed by atoms with Gasteiger partial charge in [-0.3, -0.25) is 0 Å². The van der Waals surface area contributed by atoms with Crippen LogP contribution in [0.25, 0.3) is 22.3 Å². The molecule has 0 saturated carbocycles. The van der Waals surface area contributed by atoms with Gasteiger partial charge in [0.2, 0.25) is 5.95 Å². The first-order valence-electron chi connectivity index (χ1n) is 10.4. The molecule has 3 N–H and O–H groups in total. The summed E-state index contributed by atoms with van der Waals surface area (Å²) in [5.41, 5.74) is 9.19. The fourth-order valence-corrected chi connectivity index (χ4v) is 3.87. The summed E-state index contributed by atoms with van der Waals surface area (Å²) >= 11 is 0. The molecule has 1 saturated heterocycles. The molecule has 1 fully saturated rings. The van der Waals surface area contributed by atoms with Crippen molar-refractivity contribution in [2.75, 3.05) is 24.2 Å². The zero-order valence-corrected chi connectivity index (χ0v) is 17.0. The number of nitrogen functional groups attached to an aromatic ring is 1. The Morgan fingerprint density at radius 2 is 2.00 bits per heavy atom. The Bertz CT molecular complexity index is 1200. The van der Waals surface area contributed by atoms with Crippen LogP contribution in [0.5, 0.6) is 0 Å². The van der Waals surface area contributed by atoms with Gasteiger partial charge in [0.15, 0.2) is 5.65 Å². The van der Waals surface area contributed by atoms with E-state index < -0.39 is 0 Å². The van der Waals surface area contributed by atoms with E-state index in [0.717, 1.165) is 25.0 Å². The summed E-state index contributed by atoms with van der Waals surface area (Å²) in [6, 6.07) is 16.2. The van der Waals surface area contributed by atoms with Gasteiger partial charge in [0.05, 0.1) is 23.7 Å². The van der Waals surface area contributed by atoms with E-state index in [1.165, 1.54) is 12.1 Å². The van der Waals surface area contributed by atoms with Crippen LogP contribution in [0.3, 0.4) is 0 Å². The molecule has 4 aromatic rings. The van der Waals surface area contributed by atoms with Gasteiger partial charge >= 0.3 is 0 Å². The molecule has 0 aliphatic carbocycles. The third-order valence-corrected chi connectivity index (χ3v) is 5.42. The molecule has 2 aromatic carbocycles. The van der Waals surface area contributed by atoms with Crippen LogP contribution in [0.4, 0.5) is 16.2 Å². The lowest BCUT2D eigenvalue weighted by atomic mass is 10.1. The third-order valence-electron chi connectivity index (χ3n) is 5.42. The van der Waals surface area contributed by atoms with E-state index in [-0.39, 0.29) is 11.9 Å². The molecule has 0 bridgehead atoms. The topological polar surface area (TPSA) is 90.9 Å². The third kappa shape index (κ3) is 4.06. The molecule has 1 atom stereocenters. The number of hydrogen-bond donors (Lipinski definition) is 2. The summed E-state index contributed by atoms with van der Waals surface area (Å²) in [6.45, 7) is 1.89. The van der Waals surface area contributed by atoms with E-state index in [2.05, 4.69) is 20.4 Å². The second-order valence-corrected chi connectivity index (χ2v) is 7.65. The molecular formula is C23H23FN6O. The van der Waals surface area contributed by atoms with Crippen LogP contribution >= 0.6 is 0 Å². The minimum atomic E-state index is -0.339. The second-order valence-electron chi connectivity index (χ2n) is 7.65. The Balaban J connectivity index is 1.58. The highest BCUT2D eigenvalue weighted by Gasteiger charge is 2.20. The van der Waals surface area contributed by atoms with Crippen LogP contribution in [0.1, 0.15) is 18.4 Å². The van der Waals surface area contributed by atoms with Crippen LogP contribution in [0, 0.1) is 5.82 Å². The Hall–Kier alpha value is -3.52. The van der Waals surface area contributed by atoms with Gasteiger partial charge in [-0.2, -0.15) is 4.98 Å². The quantitative estimate of drug-likeness (QED) is 0.494. The van der Waals surface area contributed by atoms with Gasteiger partial charge in [0.1, 0.15) is 11.6 Å². The van der Waals surface area contributed by atoms with Gasteiger partial charge in [-0.15, -0.1) is 5.10 Å². The van der Waals surface area contributed by atoms with Crippen molar-refractivity contribution in [3.8, 4) is 11.3 Å². The lowest BCUT2D eigenvalue weighted by molar-refractivity contribution is 0.120. The number of nitrogens with two attached hydrogens (primary N) is 1. The predicted molar refractivity (Wildman–Crippen MR) is 118 cm³/mol.